The van der Waals surface area contributed by atoms with E-state index in [4.69, 9.17) is 18.9 Å². The molecule has 2 aromatic carbocycles. The van der Waals surface area contributed by atoms with Gasteiger partial charge in [0.2, 0.25) is 0 Å². The molecular weight excluding hydrogens is 320 g/mol. The lowest BCUT2D eigenvalue weighted by molar-refractivity contribution is -0.158. The van der Waals surface area contributed by atoms with Crippen molar-refractivity contribution in [2.24, 2.45) is 0 Å². The van der Waals surface area contributed by atoms with Crippen molar-refractivity contribution in [3.63, 3.8) is 0 Å². The monoisotopic (exact) mass is 344 g/mol. The first-order chi connectivity index (χ1) is 12.2. The number of carbonyl (C=O) groups excluding carboxylic acids is 1. The number of rotatable bonds is 8. The van der Waals surface area contributed by atoms with E-state index in [9.17, 15) is 4.79 Å². The van der Waals surface area contributed by atoms with Gasteiger partial charge in [-0.2, -0.15) is 0 Å². The summed E-state index contributed by atoms with van der Waals surface area (Å²) in [6, 6.07) is 13.9. The molecule has 2 unspecified atom stereocenters. The van der Waals surface area contributed by atoms with Gasteiger partial charge in [0.1, 0.15) is 19.0 Å². The molecule has 0 bridgehead atoms. The highest BCUT2D eigenvalue weighted by atomic mass is 16.6. The van der Waals surface area contributed by atoms with Gasteiger partial charge in [-0.05, 0) is 31.2 Å². The van der Waals surface area contributed by atoms with Crippen molar-refractivity contribution in [2.45, 2.75) is 32.0 Å². The molecule has 134 valence electrons. The van der Waals surface area contributed by atoms with Crippen molar-refractivity contribution in [1.82, 2.24) is 0 Å². The number of esters is 1. The molecule has 1 saturated heterocycles. The number of benzene rings is 2. The molecule has 3 rings (SSSR count). The summed E-state index contributed by atoms with van der Waals surface area (Å²) >= 11 is 0. The minimum absolute atomic E-state index is 0.102. The summed E-state index contributed by atoms with van der Waals surface area (Å²) in [6.45, 7) is 3.40. The van der Waals surface area contributed by atoms with Crippen molar-refractivity contribution < 1.29 is 23.7 Å². The molecular formula is C20H24O5. The second-order valence-corrected chi connectivity index (χ2v) is 6.10. The number of carbonyl (C=O) groups is 1. The normalized spacial score (nSPS) is 18.2. The van der Waals surface area contributed by atoms with Crippen LogP contribution in [0.5, 0.6) is 5.75 Å². The molecule has 0 spiro atoms. The summed E-state index contributed by atoms with van der Waals surface area (Å²) in [4.78, 5) is 11.9. The van der Waals surface area contributed by atoms with Crippen LogP contribution in [0.2, 0.25) is 0 Å². The quantitative estimate of drug-likeness (QED) is 0.543. The van der Waals surface area contributed by atoms with Crippen LogP contribution in [-0.2, 0) is 19.0 Å². The number of fused-ring (bicyclic) bond motifs is 1. The molecule has 1 fully saturated rings. The molecule has 1 aliphatic heterocycles. The predicted molar refractivity (Wildman–Crippen MR) is 94.8 cm³/mol. The highest BCUT2D eigenvalue weighted by Crippen LogP contribution is 2.24. The van der Waals surface area contributed by atoms with Gasteiger partial charge >= 0.3 is 5.97 Å². The lowest BCUT2D eigenvalue weighted by Gasteiger charge is -2.15. The van der Waals surface area contributed by atoms with Gasteiger partial charge in [0.05, 0.1) is 12.7 Å². The smallest absolute Gasteiger partial charge is 0.335 e. The number of hydrogen-bond acceptors (Lipinski definition) is 5. The van der Waals surface area contributed by atoms with E-state index in [0.29, 0.717) is 13.2 Å². The Labute approximate surface area is 147 Å². The summed E-state index contributed by atoms with van der Waals surface area (Å²) in [5.41, 5.74) is 0. The second kappa shape index (κ2) is 8.83. The summed E-state index contributed by atoms with van der Waals surface area (Å²) in [5, 5.41) is 2.16. The van der Waals surface area contributed by atoms with E-state index in [2.05, 4.69) is 0 Å². The maximum absolute atomic E-state index is 11.9. The van der Waals surface area contributed by atoms with Crippen LogP contribution in [0.15, 0.2) is 42.5 Å². The van der Waals surface area contributed by atoms with Crippen LogP contribution in [0.1, 0.15) is 19.8 Å². The molecule has 0 radical (unpaired) electrons. The Balaban J connectivity index is 1.39. The largest absolute Gasteiger partial charge is 0.489 e. The van der Waals surface area contributed by atoms with E-state index in [1.807, 2.05) is 42.5 Å². The van der Waals surface area contributed by atoms with Crippen LogP contribution in [0.4, 0.5) is 0 Å². The number of hydrogen-bond donors (Lipinski definition) is 0. The van der Waals surface area contributed by atoms with Crippen LogP contribution in [0, 0.1) is 0 Å². The van der Waals surface area contributed by atoms with E-state index < -0.39 is 6.10 Å². The highest BCUT2D eigenvalue weighted by Gasteiger charge is 2.20. The van der Waals surface area contributed by atoms with Crippen LogP contribution in [-0.4, -0.2) is 44.6 Å². The molecule has 0 saturated carbocycles. The van der Waals surface area contributed by atoms with Crippen LogP contribution in [0.25, 0.3) is 10.8 Å². The van der Waals surface area contributed by atoms with E-state index in [1.165, 1.54) is 0 Å². The molecule has 2 atom stereocenters. The van der Waals surface area contributed by atoms with Crippen molar-refractivity contribution in [1.29, 1.82) is 0 Å². The van der Waals surface area contributed by atoms with Crippen LogP contribution < -0.4 is 4.74 Å². The highest BCUT2D eigenvalue weighted by molar-refractivity contribution is 5.88. The fraction of sp³-hybridized carbons (Fsp3) is 0.450. The first-order valence-electron chi connectivity index (χ1n) is 8.74. The minimum atomic E-state index is -0.596. The van der Waals surface area contributed by atoms with Crippen molar-refractivity contribution in [3.05, 3.63) is 42.5 Å². The minimum Gasteiger partial charge on any atom is -0.489 e. The lowest BCUT2D eigenvalue weighted by Crippen LogP contribution is -2.28. The van der Waals surface area contributed by atoms with Crippen molar-refractivity contribution in [2.75, 3.05) is 26.4 Å². The first kappa shape index (κ1) is 17.7. The average Bonchev–Trinajstić information content (AvgIpc) is 3.16. The fourth-order valence-corrected chi connectivity index (χ4v) is 2.83. The van der Waals surface area contributed by atoms with E-state index in [-0.39, 0.29) is 18.7 Å². The van der Waals surface area contributed by atoms with Gasteiger partial charge in [-0.3, -0.25) is 0 Å². The zero-order valence-corrected chi connectivity index (χ0v) is 14.5. The molecule has 0 N–H and O–H groups in total. The Morgan fingerprint density at radius 3 is 2.88 bits per heavy atom. The van der Waals surface area contributed by atoms with Gasteiger partial charge in [-0.1, -0.05) is 36.4 Å². The third-order valence-electron chi connectivity index (χ3n) is 4.22. The fourth-order valence-electron chi connectivity index (χ4n) is 2.83. The zero-order chi connectivity index (χ0) is 17.5. The molecule has 0 aromatic heterocycles. The van der Waals surface area contributed by atoms with Gasteiger partial charge in [-0.25, -0.2) is 4.79 Å². The van der Waals surface area contributed by atoms with E-state index in [0.717, 1.165) is 36.0 Å². The first-order valence-corrected chi connectivity index (χ1v) is 8.74. The molecule has 25 heavy (non-hydrogen) atoms. The molecule has 0 amide bonds. The zero-order valence-electron chi connectivity index (χ0n) is 14.5. The van der Waals surface area contributed by atoms with Crippen LogP contribution >= 0.6 is 0 Å². The van der Waals surface area contributed by atoms with E-state index in [1.54, 1.807) is 6.92 Å². The Kier molecular flexibility index (Phi) is 6.25. The van der Waals surface area contributed by atoms with Gasteiger partial charge < -0.3 is 18.9 Å². The SMILES string of the molecule is CC(OCC1CCCO1)C(=O)OCCOc1cccc2ccccc12. The molecule has 5 nitrogen and oxygen atoms in total. The Hall–Kier alpha value is -2.11. The Morgan fingerprint density at radius 2 is 2.04 bits per heavy atom. The molecule has 1 heterocycles. The summed E-state index contributed by atoms with van der Waals surface area (Å²) in [5.74, 6) is 0.413. The van der Waals surface area contributed by atoms with Crippen molar-refractivity contribution in [3.8, 4) is 5.75 Å². The maximum atomic E-state index is 11.9. The third kappa shape index (κ3) is 4.94. The van der Waals surface area contributed by atoms with Gasteiger partial charge in [0.25, 0.3) is 0 Å². The van der Waals surface area contributed by atoms with Crippen molar-refractivity contribution >= 4 is 16.7 Å². The Morgan fingerprint density at radius 1 is 1.20 bits per heavy atom. The summed E-state index contributed by atoms with van der Waals surface area (Å²) in [7, 11) is 0. The average molecular weight is 344 g/mol. The topological polar surface area (TPSA) is 54.0 Å². The third-order valence-corrected chi connectivity index (χ3v) is 4.22. The molecule has 2 aromatic rings. The van der Waals surface area contributed by atoms with Crippen LogP contribution in [0.3, 0.4) is 0 Å². The predicted octanol–water partition coefficient (Wildman–Crippen LogP) is 3.35. The standard InChI is InChI=1S/C20H24O5/c1-15(25-14-17-8-5-11-22-17)20(21)24-13-12-23-19-10-4-7-16-6-2-3-9-18(16)19/h2-4,6-7,9-10,15,17H,5,8,11-14H2,1H3. The Bertz CT molecular complexity index is 688. The van der Waals surface area contributed by atoms with Gasteiger partial charge in [0, 0.05) is 12.0 Å². The molecule has 0 aliphatic carbocycles. The maximum Gasteiger partial charge on any atom is 0.335 e. The summed E-state index contributed by atoms with van der Waals surface area (Å²) < 4.78 is 22.0. The van der Waals surface area contributed by atoms with Gasteiger partial charge in [0.15, 0.2) is 6.10 Å². The van der Waals surface area contributed by atoms with Gasteiger partial charge in [-0.15, -0.1) is 0 Å². The lowest BCUT2D eigenvalue weighted by atomic mass is 10.1. The molecule has 1 aliphatic rings. The summed E-state index contributed by atoms with van der Waals surface area (Å²) in [6.07, 6.45) is 1.55. The molecule has 5 heteroatoms. The second-order valence-electron chi connectivity index (χ2n) is 6.10. The number of ether oxygens (including phenoxy) is 4. The van der Waals surface area contributed by atoms with E-state index >= 15 is 0 Å².